The van der Waals surface area contributed by atoms with E-state index in [-0.39, 0.29) is 0 Å². The van der Waals surface area contributed by atoms with Crippen molar-refractivity contribution in [3.63, 3.8) is 0 Å². The van der Waals surface area contributed by atoms with Gasteiger partial charge in [-0.1, -0.05) is 0 Å². The summed E-state index contributed by atoms with van der Waals surface area (Å²) in [4.78, 5) is 0. The molecule has 0 N–H and O–H groups in total. The summed E-state index contributed by atoms with van der Waals surface area (Å²) in [5.74, 6) is 2.96. The average molecular weight is 211 g/mol. The van der Waals surface area contributed by atoms with Gasteiger partial charge >= 0.3 is 0 Å². The molecule has 2 nitrogen and oxygen atoms in total. The van der Waals surface area contributed by atoms with Crippen molar-refractivity contribution in [3.8, 4) is 0 Å². The van der Waals surface area contributed by atoms with Gasteiger partial charge < -0.3 is 0 Å². The monoisotopic (exact) mass is 210 g/mol. The molecule has 4 fully saturated rings. The fraction of sp³-hybridized carbons (Fsp3) is 0.909. The van der Waals surface area contributed by atoms with Crippen LogP contribution in [0.2, 0.25) is 0 Å². The number of rotatable bonds is 1. The number of halogens is 1. The van der Waals surface area contributed by atoms with Gasteiger partial charge in [-0.25, -0.2) is 5.01 Å². The Kier molecular flexibility index (Phi) is 1.30. The van der Waals surface area contributed by atoms with E-state index in [9.17, 15) is 0 Å². The summed E-state index contributed by atoms with van der Waals surface area (Å²) in [5, 5.41) is 7.17. The molecule has 3 heteroatoms. The number of hydrogen-bond donors (Lipinski definition) is 0. The van der Waals surface area contributed by atoms with Crippen molar-refractivity contribution < 1.29 is 0 Å². The van der Waals surface area contributed by atoms with E-state index in [0.717, 1.165) is 23.0 Å². The predicted octanol–water partition coefficient (Wildman–Crippen LogP) is 2.78. The molecule has 1 heterocycles. The fourth-order valence-electron chi connectivity index (χ4n) is 4.69. The van der Waals surface area contributed by atoms with Crippen LogP contribution in [0.25, 0.3) is 0 Å². The molecule has 5 rings (SSSR count). The summed E-state index contributed by atoms with van der Waals surface area (Å²) >= 11 is 5.96. The van der Waals surface area contributed by atoms with Crippen molar-refractivity contribution in [1.82, 2.24) is 5.01 Å². The van der Waals surface area contributed by atoms with E-state index in [2.05, 4.69) is 10.1 Å². The molecule has 0 aromatic heterocycles. The van der Waals surface area contributed by atoms with E-state index >= 15 is 0 Å². The number of nitrogens with zero attached hydrogens (tertiary/aromatic N) is 2. The van der Waals surface area contributed by atoms with Crippen LogP contribution in [0.4, 0.5) is 0 Å². The van der Waals surface area contributed by atoms with E-state index in [1.165, 1.54) is 38.5 Å². The van der Waals surface area contributed by atoms with Gasteiger partial charge in [-0.05, 0) is 67.9 Å². The summed E-state index contributed by atoms with van der Waals surface area (Å²) in [7, 11) is 0. The zero-order chi connectivity index (χ0) is 9.34. The van der Waals surface area contributed by atoms with Gasteiger partial charge in [-0.15, -0.1) is 5.10 Å². The fourth-order valence-corrected chi connectivity index (χ4v) is 4.94. The summed E-state index contributed by atoms with van der Waals surface area (Å²) in [6.45, 7) is 0. The summed E-state index contributed by atoms with van der Waals surface area (Å²) in [5.41, 5.74) is 0.381. The first-order valence-corrected chi connectivity index (χ1v) is 6.17. The zero-order valence-electron chi connectivity index (χ0n) is 8.25. The first-order chi connectivity index (χ1) is 6.75. The van der Waals surface area contributed by atoms with E-state index in [1.54, 1.807) is 0 Å². The molecule has 0 spiro atoms. The molecule has 14 heavy (non-hydrogen) atoms. The smallest absolute Gasteiger partial charge is 0.227 e. The summed E-state index contributed by atoms with van der Waals surface area (Å²) in [6, 6.07) is 0. The highest BCUT2D eigenvalue weighted by Crippen LogP contribution is 2.59. The Labute approximate surface area is 89.3 Å². The van der Waals surface area contributed by atoms with E-state index in [4.69, 9.17) is 11.6 Å². The molecule has 0 saturated heterocycles. The first-order valence-electron chi connectivity index (χ1n) is 5.79. The highest BCUT2D eigenvalue weighted by atomic mass is 35.5. The minimum atomic E-state index is 0.381. The van der Waals surface area contributed by atoms with Crippen molar-refractivity contribution in [1.29, 1.82) is 0 Å². The van der Waals surface area contributed by atoms with Gasteiger partial charge in [-0.2, -0.15) is 0 Å². The Morgan fingerprint density at radius 2 is 1.50 bits per heavy atom. The molecule has 4 aliphatic carbocycles. The molecule has 0 aromatic rings. The topological polar surface area (TPSA) is 15.4 Å². The van der Waals surface area contributed by atoms with Crippen LogP contribution in [0.15, 0.2) is 5.10 Å². The maximum atomic E-state index is 5.96. The first kappa shape index (κ1) is 7.98. The molecular weight excluding hydrogens is 196 g/mol. The predicted molar refractivity (Wildman–Crippen MR) is 56.0 cm³/mol. The maximum absolute atomic E-state index is 5.96. The van der Waals surface area contributed by atoms with Crippen molar-refractivity contribution in [2.75, 3.05) is 0 Å². The van der Waals surface area contributed by atoms with Gasteiger partial charge in [0.05, 0.1) is 5.54 Å². The lowest BCUT2D eigenvalue weighted by Crippen LogP contribution is -2.55. The second-order valence-corrected chi connectivity index (χ2v) is 6.16. The molecule has 5 aliphatic rings. The van der Waals surface area contributed by atoms with Crippen LogP contribution < -0.4 is 0 Å². The lowest BCUT2D eigenvalue weighted by atomic mass is 9.53. The molecular formula is C11H15ClN2. The van der Waals surface area contributed by atoms with Crippen molar-refractivity contribution in [2.24, 2.45) is 22.9 Å². The van der Waals surface area contributed by atoms with E-state index in [0.29, 0.717) is 5.54 Å². The van der Waals surface area contributed by atoms with Crippen LogP contribution in [0.3, 0.4) is 0 Å². The van der Waals surface area contributed by atoms with Gasteiger partial charge in [0.1, 0.15) is 0 Å². The maximum Gasteiger partial charge on any atom is 0.238 e. The molecule has 76 valence electrons. The lowest BCUT2D eigenvalue weighted by molar-refractivity contribution is -0.0480. The Hall–Kier alpha value is -0.240. The largest absolute Gasteiger partial charge is 0.238 e. The van der Waals surface area contributed by atoms with Gasteiger partial charge in [-0.3, -0.25) is 0 Å². The van der Waals surface area contributed by atoms with Crippen molar-refractivity contribution >= 4 is 16.9 Å². The third-order valence-electron chi connectivity index (χ3n) is 4.77. The van der Waals surface area contributed by atoms with Crippen molar-refractivity contribution in [2.45, 2.75) is 44.1 Å². The summed E-state index contributed by atoms with van der Waals surface area (Å²) < 4.78 is 0. The van der Waals surface area contributed by atoms with Gasteiger partial charge in [0.15, 0.2) is 0 Å². The second-order valence-electron chi connectivity index (χ2n) is 5.82. The van der Waals surface area contributed by atoms with Gasteiger partial charge in [0, 0.05) is 0 Å². The molecule has 0 atom stereocenters. The molecule has 0 aromatic carbocycles. The van der Waals surface area contributed by atoms with Crippen LogP contribution in [-0.4, -0.2) is 15.8 Å². The average Bonchev–Trinajstić information content (AvgIpc) is 2.80. The standard InChI is InChI=1S/C11H15ClN2/c12-10-13-14(10)11-4-7-1-8(5-11)3-9(2-7)6-11/h7-9H,1-6H2. The molecule has 4 bridgehead atoms. The van der Waals surface area contributed by atoms with Crippen LogP contribution in [0, 0.1) is 17.8 Å². The molecule has 0 amide bonds. The summed E-state index contributed by atoms with van der Waals surface area (Å²) in [6.07, 6.45) is 8.55. The number of amidine groups is 1. The molecule has 1 aliphatic heterocycles. The van der Waals surface area contributed by atoms with Crippen molar-refractivity contribution in [3.05, 3.63) is 0 Å². The van der Waals surface area contributed by atoms with E-state index in [1.807, 2.05) is 0 Å². The second kappa shape index (κ2) is 2.29. The normalized spacial score (nSPS) is 53.6. The van der Waals surface area contributed by atoms with Gasteiger partial charge in [0.25, 0.3) is 0 Å². The molecule has 4 saturated carbocycles. The minimum absolute atomic E-state index is 0.381. The zero-order valence-corrected chi connectivity index (χ0v) is 9.00. The lowest BCUT2D eigenvalue weighted by Gasteiger charge is -2.56. The number of hydrogen-bond acceptors (Lipinski definition) is 2. The van der Waals surface area contributed by atoms with Crippen LogP contribution >= 0.6 is 11.6 Å². The van der Waals surface area contributed by atoms with Crippen LogP contribution in [-0.2, 0) is 0 Å². The Morgan fingerprint density at radius 3 is 1.86 bits per heavy atom. The molecule has 0 unspecified atom stereocenters. The van der Waals surface area contributed by atoms with Crippen LogP contribution in [0.1, 0.15) is 38.5 Å². The third-order valence-corrected chi connectivity index (χ3v) is 5.01. The Balaban J connectivity index is 1.68. The minimum Gasteiger partial charge on any atom is -0.227 e. The van der Waals surface area contributed by atoms with Gasteiger partial charge in [0.2, 0.25) is 5.29 Å². The highest BCUT2D eigenvalue weighted by Gasteiger charge is 2.57. The number of hydrazone groups is 1. The SMILES string of the molecule is ClC1=NN1C12CC3CC(CC(C3)C1)C2. The van der Waals surface area contributed by atoms with Crippen LogP contribution in [0.5, 0.6) is 0 Å². The molecule has 0 radical (unpaired) electrons. The third kappa shape index (κ3) is 0.906. The highest BCUT2D eigenvalue weighted by molar-refractivity contribution is 6.67. The Bertz CT molecular complexity index is 288. The van der Waals surface area contributed by atoms with E-state index < -0.39 is 0 Å². The Morgan fingerprint density at radius 1 is 1.07 bits per heavy atom. The quantitative estimate of drug-likeness (QED) is 0.608.